The number of hydrogen-bond donors (Lipinski definition) is 1. The summed E-state index contributed by atoms with van der Waals surface area (Å²) in [5, 5.41) is 12.6. The van der Waals surface area contributed by atoms with Crippen LogP contribution in [-0.2, 0) is 26.1 Å². The van der Waals surface area contributed by atoms with Crippen LogP contribution in [0.3, 0.4) is 0 Å². The van der Waals surface area contributed by atoms with Gasteiger partial charge in [0.05, 0.1) is 30.6 Å². The van der Waals surface area contributed by atoms with Crippen molar-refractivity contribution in [1.82, 2.24) is 29.2 Å². The summed E-state index contributed by atoms with van der Waals surface area (Å²) in [6.45, 7) is 15.4. The van der Waals surface area contributed by atoms with Gasteiger partial charge in [-0.25, -0.2) is 13.1 Å². The maximum Gasteiger partial charge on any atom is 0.312 e. The minimum atomic E-state index is -4.00. The van der Waals surface area contributed by atoms with E-state index in [0.29, 0.717) is 11.9 Å². The number of anilines is 1. The number of aryl methyl sites for hydroxylation is 3. The van der Waals surface area contributed by atoms with Gasteiger partial charge in [-0.2, -0.15) is 9.29 Å². The second-order valence-electron chi connectivity index (χ2n) is 17.2. The number of likely N-dealkylation sites (tertiary alicyclic amines) is 1. The Labute approximate surface area is 325 Å². The number of rotatable bonds is 11. The Morgan fingerprint density at radius 2 is 1.80 bits per heavy atom. The minimum absolute atomic E-state index is 0.102. The summed E-state index contributed by atoms with van der Waals surface area (Å²) in [4.78, 5) is 21.0. The number of carbonyl (C=O) groups excluding carboxylic acids is 1. The Morgan fingerprint density at radius 3 is 2.49 bits per heavy atom. The zero-order valence-corrected chi connectivity index (χ0v) is 34.1. The molecule has 0 bridgehead atoms. The fraction of sp³-hybridized carbons (Fsp3) is 0.571. The summed E-state index contributed by atoms with van der Waals surface area (Å²) in [5.41, 5.74) is 5.62. The topological polar surface area (TPSA) is 132 Å². The van der Waals surface area contributed by atoms with Crippen molar-refractivity contribution >= 4 is 32.8 Å². The van der Waals surface area contributed by atoms with Gasteiger partial charge in [0, 0.05) is 25.0 Å². The number of carbonyl (C=O) groups is 1. The Balaban J connectivity index is 1.13. The van der Waals surface area contributed by atoms with Crippen molar-refractivity contribution in [3.63, 3.8) is 0 Å². The molecular weight excluding hydrogens is 715 g/mol. The van der Waals surface area contributed by atoms with E-state index in [1.54, 1.807) is 10.4 Å². The molecule has 12 nitrogen and oxygen atoms in total. The third kappa shape index (κ3) is 7.12. The zero-order chi connectivity index (χ0) is 38.9. The molecule has 4 aromatic rings. The van der Waals surface area contributed by atoms with Gasteiger partial charge in [0.15, 0.2) is 0 Å². The smallest absolute Gasteiger partial charge is 0.312 e. The molecular formula is C42H55N7O5S. The van der Waals surface area contributed by atoms with Crippen LogP contribution < -0.4 is 10.1 Å². The maximum atomic E-state index is 14.7. The normalized spacial score (nSPS) is 20.7. The summed E-state index contributed by atoms with van der Waals surface area (Å²) < 4.78 is 44.8. The van der Waals surface area contributed by atoms with Crippen molar-refractivity contribution in [3.05, 3.63) is 69.8 Å². The number of piperidine rings is 1. The second kappa shape index (κ2) is 14.1. The number of hydrogen-bond acceptors (Lipinski definition) is 10. The highest BCUT2D eigenvalue weighted by atomic mass is 32.2. The van der Waals surface area contributed by atoms with Gasteiger partial charge in [-0.15, -0.1) is 5.10 Å². The van der Waals surface area contributed by atoms with Crippen molar-refractivity contribution in [2.75, 3.05) is 38.6 Å². The molecule has 4 aliphatic rings. The predicted octanol–water partition coefficient (Wildman–Crippen LogP) is 6.82. The molecule has 0 amide bonds. The lowest BCUT2D eigenvalue weighted by atomic mass is 9.69. The molecule has 1 unspecified atom stereocenters. The lowest BCUT2D eigenvalue weighted by molar-refractivity contribution is -0.151. The van der Waals surface area contributed by atoms with Gasteiger partial charge >= 0.3 is 5.97 Å². The third-order valence-corrected chi connectivity index (χ3v) is 14.1. The average Bonchev–Trinajstić information content (AvgIpc) is 4.09. The molecule has 2 aromatic heterocycles. The van der Waals surface area contributed by atoms with Crippen LogP contribution in [0.1, 0.15) is 111 Å². The second-order valence-corrected chi connectivity index (χ2v) is 19.1. The Kier molecular flexibility index (Phi) is 9.73. The predicted molar refractivity (Wildman–Crippen MR) is 212 cm³/mol. The van der Waals surface area contributed by atoms with Crippen LogP contribution in [0.2, 0.25) is 0 Å². The SMILES string of the molecule is COC(=O)C(C)(C)C(c1ccc(C)c(CN2CC3(CC3)Oc3nc(N[C@@H](C)CN4CCCCC4)c(C)cc3S2(=O)=O)c1)c1ccc2c(nnn2C2CC2)c1C. The Morgan fingerprint density at radius 1 is 1.05 bits per heavy atom. The summed E-state index contributed by atoms with van der Waals surface area (Å²) in [6, 6.07) is 12.5. The number of ether oxygens (including phenoxy) is 2. The lowest BCUT2D eigenvalue weighted by Gasteiger charge is -2.34. The Hall–Kier alpha value is -4.07. The van der Waals surface area contributed by atoms with E-state index in [9.17, 15) is 13.2 Å². The molecule has 13 heteroatoms. The number of nitrogens with one attached hydrogen (secondary N) is 1. The van der Waals surface area contributed by atoms with E-state index in [0.717, 1.165) is 89.7 Å². The van der Waals surface area contributed by atoms with E-state index in [1.807, 2.05) is 51.4 Å². The molecule has 294 valence electrons. The van der Waals surface area contributed by atoms with Gasteiger partial charge in [-0.3, -0.25) is 4.79 Å². The lowest BCUT2D eigenvalue weighted by Crippen LogP contribution is -2.38. The van der Waals surface area contributed by atoms with E-state index >= 15 is 0 Å². The van der Waals surface area contributed by atoms with Crippen LogP contribution in [0.25, 0.3) is 11.0 Å². The van der Waals surface area contributed by atoms with Gasteiger partial charge in [-0.1, -0.05) is 35.9 Å². The molecule has 1 spiro atoms. The quantitative estimate of drug-likeness (QED) is 0.162. The minimum Gasteiger partial charge on any atom is -0.469 e. The van der Waals surface area contributed by atoms with Gasteiger partial charge in [0.2, 0.25) is 15.9 Å². The van der Waals surface area contributed by atoms with Crippen LogP contribution in [0, 0.1) is 26.2 Å². The number of aromatic nitrogens is 4. The fourth-order valence-corrected chi connectivity index (χ4v) is 10.4. The highest BCUT2D eigenvalue weighted by molar-refractivity contribution is 7.89. The number of pyridine rings is 1. The van der Waals surface area contributed by atoms with Crippen LogP contribution in [0.15, 0.2) is 41.3 Å². The molecule has 8 rings (SSSR count). The first kappa shape index (κ1) is 37.8. The molecule has 2 atom stereocenters. The largest absolute Gasteiger partial charge is 0.469 e. The van der Waals surface area contributed by atoms with E-state index in [1.165, 1.54) is 26.4 Å². The van der Waals surface area contributed by atoms with Crippen molar-refractivity contribution in [2.45, 2.75) is 122 Å². The van der Waals surface area contributed by atoms with E-state index in [-0.39, 0.29) is 35.9 Å². The third-order valence-electron chi connectivity index (χ3n) is 12.3. The van der Waals surface area contributed by atoms with Crippen LogP contribution in [0.4, 0.5) is 5.82 Å². The van der Waals surface area contributed by atoms with Gasteiger partial charge in [0.1, 0.15) is 21.8 Å². The van der Waals surface area contributed by atoms with Gasteiger partial charge < -0.3 is 19.7 Å². The Bertz CT molecular complexity index is 2240. The highest BCUT2D eigenvalue weighted by Crippen LogP contribution is 2.48. The molecule has 4 heterocycles. The molecule has 0 radical (unpaired) electrons. The van der Waals surface area contributed by atoms with Crippen molar-refractivity contribution in [2.24, 2.45) is 5.41 Å². The molecule has 55 heavy (non-hydrogen) atoms. The standard InChI is InChI=1S/C42H55N7O5S/c1-26-11-12-30(36(41(5,6)40(50)53-7)33-15-16-34-37(29(33)4)45-46-49(34)32-13-14-32)22-31(26)24-48-25-42(17-18-42)54-39-35(55(48,51)52)21-27(2)38(44-39)43-28(3)23-47-19-9-8-10-20-47/h11-12,15-16,21-22,28,32,36H,8-10,13-14,17-20,23-25H2,1-7H3,(H,43,44)/t28-,36?/m0/s1. The van der Waals surface area contributed by atoms with Crippen molar-refractivity contribution < 1.29 is 22.7 Å². The van der Waals surface area contributed by atoms with E-state index in [2.05, 4.69) is 45.7 Å². The van der Waals surface area contributed by atoms with Gasteiger partial charge in [0.25, 0.3) is 0 Å². The molecule has 3 fully saturated rings. The van der Waals surface area contributed by atoms with E-state index in [4.69, 9.17) is 14.5 Å². The highest BCUT2D eigenvalue weighted by Gasteiger charge is 2.53. The van der Waals surface area contributed by atoms with Gasteiger partial charge in [-0.05, 0) is 139 Å². The average molecular weight is 770 g/mol. The number of methoxy groups -OCH3 is 1. The number of esters is 1. The zero-order valence-electron chi connectivity index (χ0n) is 33.3. The summed E-state index contributed by atoms with van der Waals surface area (Å²) in [5.74, 6) is 0.0875. The van der Waals surface area contributed by atoms with Crippen LogP contribution >= 0.6 is 0 Å². The number of fused-ring (bicyclic) bond motifs is 2. The molecule has 1 N–H and O–H groups in total. The monoisotopic (exact) mass is 769 g/mol. The van der Waals surface area contributed by atoms with Crippen LogP contribution in [-0.4, -0.2) is 88.5 Å². The first-order valence-electron chi connectivity index (χ1n) is 19.9. The molecule has 2 aliphatic heterocycles. The number of benzene rings is 2. The van der Waals surface area contributed by atoms with Crippen molar-refractivity contribution in [1.29, 1.82) is 0 Å². The summed E-state index contributed by atoms with van der Waals surface area (Å²) >= 11 is 0. The first-order chi connectivity index (χ1) is 26.2. The number of sulfonamides is 1. The summed E-state index contributed by atoms with van der Waals surface area (Å²) in [6.07, 6.45) is 7.44. The number of nitrogens with zero attached hydrogens (tertiary/aromatic N) is 6. The summed E-state index contributed by atoms with van der Waals surface area (Å²) in [7, 11) is -2.58. The van der Waals surface area contributed by atoms with Crippen molar-refractivity contribution in [3.8, 4) is 5.88 Å². The molecule has 2 aliphatic carbocycles. The van der Waals surface area contributed by atoms with E-state index < -0.39 is 27.0 Å². The first-order valence-corrected chi connectivity index (χ1v) is 21.4. The fourth-order valence-electron chi connectivity index (χ4n) is 8.76. The molecule has 2 saturated carbocycles. The molecule has 1 saturated heterocycles. The maximum absolute atomic E-state index is 14.7. The molecule has 2 aromatic carbocycles. The van der Waals surface area contributed by atoms with Crippen LogP contribution in [0.5, 0.6) is 5.88 Å².